The molecule has 0 spiro atoms. The van der Waals surface area contributed by atoms with Gasteiger partial charge in [0.1, 0.15) is 0 Å². The highest BCUT2D eigenvalue weighted by molar-refractivity contribution is 5.47. The van der Waals surface area contributed by atoms with Gasteiger partial charge >= 0.3 is 0 Å². The van der Waals surface area contributed by atoms with Gasteiger partial charge in [-0.1, -0.05) is 24.3 Å². The van der Waals surface area contributed by atoms with Crippen LogP contribution in [0, 0.1) is 0 Å². The lowest BCUT2D eigenvalue weighted by Gasteiger charge is -2.41. The van der Waals surface area contributed by atoms with E-state index in [1.165, 1.54) is 24.1 Å². The Bertz CT molecular complexity index is 444. The molecule has 1 aromatic carbocycles. The number of piperidine rings is 1. The molecule has 1 N–H and O–H groups in total. The van der Waals surface area contributed by atoms with Gasteiger partial charge < -0.3 is 10.0 Å². The third-order valence-corrected chi connectivity index (χ3v) is 4.60. The molecule has 1 aromatic rings. The van der Waals surface area contributed by atoms with E-state index in [1.54, 1.807) is 0 Å². The number of hydrogen-bond donors (Lipinski definition) is 1. The van der Waals surface area contributed by atoms with Crippen molar-refractivity contribution in [2.75, 3.05) is 18.0 Å². The Morgan fingerprint density at radius 2 is 1.74 bits per heavy atom. The molecule has 0 unspecified atom stereocenters. The first-order valence-electron chi connectivity index (χ1n) is 7.50. The van der Waals surface area contributed by atoms with Crippen LogP contribution in [0.3, 0.4) is 0 Å². The van der Waals surface area contributed by atoms with Gasteiger partial charge in [-0.15, -0.1) is 0 Å². The molecule has 3 rings (SSSR count). The predicted molar refractivity (Wildman–Crippen MR) is 79.4 cm³/mol. The van der Waals surface area contributed by atoms with Gasteiger partial charge in [0.15, 0.2) is 0 Å². The maximum absolute atomic E-state index is 10.9. The summed E-state index contributed by atoms with van der Waals surface area (Å²) < 4.78 is 0. The van der Waals surface area contributed by atoms with Crippen LogP contribution in [0.5, 0.6) is 0 Å². The molecule has 2 nitrogen and oxygen atoms in total. The lowest BCUT2D eigenvalue weighted by molar-refractivity contribution is 0.0477. The maximum atomic E-state index is 10.9. The molecule has 2 aliphatic rings. The summed E-state index contributed by atoms with van der Waals surface area (Å²) in [6.45, 7) is 1.91. The monoisotopic (exact) mass is 257 g/mol. The molecular formula is C17H23NO. The molecule has 1 aliphatic carbocycles. The number of para-hydroxylation sites is 1. The Labute approximate surface area is 115 Å². The lowest BCUT2D eigenvalue weighted by Crippen LogP contribution is -2.45. The molecule has 1 fully saturated rings. The van der Waals surface area contributed by atoms with Gasteiger partial charge in [0.25, 0.3) is 0 Å². The van der Waals surface area contributed by atoms with Gasteiger partial charge in [-0.05, 0) is 56.2 Å². The summed E-state index contributed by atoms with van der Waals surface area (Å²) in [6.07, 6.45) is 8.82. The number of benzene rings is 1. The van der Waals surface area contributed by atoms with Crippen molar-refractivity contribution in [3.8, 4) is 0 Å². The molecule has 0 aromatic heterocycles. The number of rotatable bonds is 2. The number of hydrogen-bond acceptors (Lipinski definition) is 2. The van der Waals surface area contributed by atoms with Crippen LogP contribution in [0.25, 0.3) is 0 Å². The second kappa shape index (κ2) is 5.38. The quantitative estimate of drug-likeness (QED) is 0.819. The summed E-state index contributed by atoms with van der Waals surface area (Å²) in [5, 5.41) is 10.9. The second-order valence-electron chi connectivity index (χ2n) is 5.83. The Balaban J connectivity index is 1.67. The van der Waals surface area contributed by atoms with Crippen LogP contribution in [-0.4, -0.2) is 23.8 Å². The highest BCUT2D eigenvalue weighted by Crippen LogP contribution is 2.36. The van der Waals surface area contributed by atoms with Crippen LogP contribution in [0.4, 0.5) is 5.69 Å². The zero-order valence-electron chi connectivity index (χ0n) is 11.5. The third kappa shape index (κ3) is 2.69. The molecule has 1 saturated heterocycles. The Morgan fingerprint density at radius 1 is 1.00 bits per heavy atom. The van der Waals surface area contributed by atoms with Gasteiger partial charge in [0.05, 0.1) is 5.60 Å². The van der Waals surface area contributed by atoms with Gasteiger partial charge in [0.2, 0.25) is 0 Å². The van der Waals surface area contributed by atoms with E-state index in [0.717, 1.165) is 38.8 Å². The lowest BCUT2D eigenvalue weighted by atomic mass is 9.79. The standard InChI is InChI=1S/C17H23NO/c19-17(15-7-3-1-4-8-15)11-13-18(14-12-17)16-9-5-2-6-10-16/h2,5-7,9-10,19H,1,3-4,8,11-14H2. The summed E-state index contributed by atoms with van der Waals surface area (Å²) in [6, 6.07) is 10.5. The SMILES string of the molecule is OC1(C2=CCCCC2)CCN(c2ccccc2)CC1. The Morgan fingerprint density at radius 3 is 2.37 bits per heavy atom. The van der Waals surface area contributed by atoms with Crippen LogP contribution in [-0.2, 0) is 0 Å². The van der Waals surface area contributed by atoms with Crippen LogP contribution in [0.2, 0.25) is 0 Å². The first-order valence-corrected chi connectivity index (χ1v) is 7.50. The summed E-state index contributed by atoms with van der Waals surface area (Å²) in [5.41, 5.74) is 2.07. The minimum absolute atomic E-state index is 0.522. The van der Waals surface area contributed by atoms with Crippen LogP contribution in [0.1, 0.15) is 38.5 Å². The fourth-order valence-corrected chi connectivity index (χ4v) is 3.36. The third-order valence-electron chi connectivity index (χ3n) is 4.60. The fourth-order valence-electron chi connectivity index (χ4n) is 3.36. The average molecular weight is 257 g/mol. The Kier molecular flexibility index (Phi) is 3.61. The number of anilines is 1. The first-order chi connectivity index (χ1) is 9.28. The van der Waals surface area contributed by atoms with Crippen molar-refractivity contribution >= 4 is 5.69 Å². The highest BCUT2D eigenvalue weighted by atomic mass is 16.3. The molecule has 2 heteroatoms. The van der Waals surface area contributed by atoms with Crippen molar-refractivity contribution in [1.29, 1.82) is 0 Å². The minimum Gasteiger partial charge on any atom is -0.385 e. The van der Waals surface area contributed by atoms with E-state index in [4.69, 9.17) is 0 Å². The number of aliphatic hydroxyl groups is 1. The average Bonchev–Trinajstić information content (AvgIpc) is 2.50. The van der Waals surface area contributed by atoms with Crippen LogP contribution < -0.4 is 4.90 Å². The van der Waals surface area contributed by atoms with Crippen molar-refractivity contribution in [3.05, 3.63) is 42.0 Å². The minimum atomic E-state index is -0.522. The van der Waals surface area contributed by atoms with E-state index in [0.29, 0.717) is 0 Å². The molecule has 1 aliphatic heterocycles. The molecule has 19 heavy (non-hydrogen) atoms. The second-order valence-corrected chi connectivity index (χ2v) is 5.83. The summed E-state index contributed by atoms with van der Waals surface area (Å²) in [4.78, 5) is 2.39. The van der Waals surface area contributed by atoms with E-state index in [9.17, 15) is 5.11 Å². The summed E-state index contributed by atoms with van der Waals surface area (Å²) in [7, 11) is 0. The van der Waals surface area contributed by atoms with Crippen LogP contribution in [0.15, 0.2) is 42.0 Å². The molecule has 0 amide bonds. The van der Waals surface area contributed by atoms with Crippen molar-refractivity contribution in [2.45, 2.75) is 44.1 Å². The van der Waals surface area contributed by atoms with E-state index in [2.05, 4.69) is 41.3 Å². The summed E-state index contributed by atoms with van der Waals surface area (Å²) >= 11 is 0. The predicted octanol–water partition coefficient (Wildman–Crippen LogP) is 3.52. The maximum Gasteiger partial charge on any atom is 0.0890 e. The Hall–Kier alpha value is -1.28. The topological polar surface area (TPSA) is 23.5 Å². The van der Waals surface area contributed by atoms with Gasteiger partial charge in [0, 0.05) is 18.8 Å². The first kappa shape index (κ1) is 12.7. The smallest absolute Gasteiger partial charge is 0.0890 e. The molecule has 0 atom stereocenters. The van der Waals surface area contributed by atoms with Crippen molar-refractivity contribution in [2.24, 2.45) is 0 Å². The van der Waals surface area contributed by atoms with Crippen LogP contribution >= 0.6 is 0 Å². The largest absolute Gasteiger partial charge is 0.385 e. The fraction of sp³-hybridized carbons (Fsp3) is 0.529. The highest BCUT2D eigenvalue weighted by Gasteiger charge is 2.35. The zero-order chi connectivity index (χ0) is 13.1. The van der Waals surface area contributed by atoms with Crippen molar-refractivity contribution in [1.82, 2.24) is 0 Å². The van der Waals surface area contributed by atoms with E-state index in [1.807, 2.05) is 0 Å². The van der Waals surface area contributed by atoms with Crippen molar-refractivity contribution < 1.29 is 5.11 Å². The molecule has 102 valence electrons. The van der Waals surface area contributed by atoms with E-state index >= 15 is 0 Å². The van der Waals surface area contributed by atoms with Gasteiger partial charge in [-0.25, -0.2) is 0 Å². The van der Waals surface area contributed by atoms with E-state index in [-0.39, 0.29) is 0 Å². The molecule has 0 bridgehead atoms. The normalized spacial score (nSPS) is 23.0. The zero-order valence-corrected chi connectivity index (χ0v) is 11.5. The molecule has 0 saturated carbocycles. The molecule has 1 heterocycles. The summed E-state index contributed by atoms with van der Waals surface area (Å²) in [5.74, 6) is 0. The number of allylic oxidation sites excluding steroid dienone is 1. The van der Waals surface area contributed by atoms with Crippen molar-refractivity contribution in [3.63, 3.8) is 0 Å². The van der Waals surface area contributed by atoms with Gasteiger partial charge in [-0.2, -0.15) is 0 Å². The van der Waals surface area contributed by atoms with E-state index < -0.39 is 5.60 Å². The molecular weight excluding hydrogens is 234 g/mol. The van der Waals surface area contributed by atoms with Gasteiger partial charge in [-0.3, -0.25) is 0 Å². The number of nitrogens with zero attached hydrogens (tertiary/aromatic N) is 1. The molecule has 0 radical (unpaired) electrons.